The molecular weight excluding hydrogens is 164 g/mol. The molecular formula is C11H20O2. The molecule has 0 aliphatic heterocycles. The number of unbranched alkanes of at least 4 members (excludes halogenated alkanes) is 1. The van der Waals surface area contributed by atoms with Gasteiger partial charge in [0.25, 0.3) is 0 Å². The lowest BCUT2D eigenvalue weighted by Crippen LogP contribution is -2.22. The molecule has 0 heterocycles. The van der Waals surface area contributed by atoms with Gasteiger partial charge in [0.05, 0.1) is 0 Å². The molecule has 0 N–H and O–H groups in total. The lowest BCUT2D eigenvalue weighted by molar-refractivity contribution is -0.139. The summed E-state index contributed by atoms with van der Waals surface area (Å²) >= 11 is 0. The summed E-state index contributed by atoms with van der Waals surface area (Å²) < 4.78 is 0. The van der Waals surface area contributed by atoms with E-state index < -0.39 is 0 Å². The number of rotatable bonds is 7. The second-order valence-corrected chi connectivity index (χ2v) is 3.40. The van der Waals surface area contributed by atoms with E-state index in [1.165, 1.54) is 0 Å². The van der Waals surface area contributed by atoms with Crippen molar-refractivity contribution in [1.29, 1.82) is 0 Å². The van der Waals surface area contributed by atoms with E-state index in [-0.39, 0.29) is 17.5 Å². The van der Waals surface area contributed by atoms with E-state index in [1.807, 2.05) is 20.8 Å². The number of hydrogen-bond acceptors (Lipinski definition) is 2. The molecule has 0 rings (SSSR count). The fraction of sp³-hybridized carbons (Fsp3) is 0.818. The van der Waals surface area contributed by atoms with Gasteiger partial charge in [-0.1, -0.05) is 27.2 Å². The average molecular weight is 184 g/mol. The van der Waals surface area contributed by atoms with Crippen molar-refractivity contribution in [2.75, 3.05) is 0 Å². The van der Waals surface area contributed by atoms with Crippen LogP contribution in [-0.4, -0.2) is 11.6 Å². The van der Waals surface area contributed by atoms with E-state index in [0.717, 1.165) is 25.7 Å². The van der Waals surface area contributed by atoms with E-state index in [9.17, 15) is 9.59 Å². The standard InChI is InChI=1S/C11H20O2/c1-4-7-8-10(12)11(13)9(5-2)6-3/h9H,4-8H2,1-3H3. The Hall–Kier alpha value is -0.660. The van der Waals surface area contributed by atoms with Crippen LogP contribution in [0.5, 0.6) is 0 Å². The summed E-state index contributed by atoms with van der Waals surface area (Å²) in [6.45, 7) is 5.94. The first-order valence-corrected chi connectivity index (χ1v) is 5.24. The summed E-state index contributed by atoms with van der Waals surface area (Å²) in [5.74, 6) is -0.363. The Bertz CT molecular complexity index is 169. The maximum Gasteiger partial charge on any atom is 0.201 e. The second-order valence-electron chi connectivity index (χ2n) is 3.40. The van der Waals surface area contributed by atoms with E-state index in [1.54, 1.807) is 0 Å². The minimum Gasteiger partial charge on any atom is -0.291 e. The number of hydrogen-bond donors (Lipinski definition) is 0. The molecule has 13 heavy (non-hydrogen) atoms. The van der Waals surface area contributed by atoms with Crippen molar-refractivity contribution in [3.05, 3.63) is 0 Å². The van der Waals surface area contributed by atoms with Crippen LogP contribution in [0.3, 0.4) is 0 Å². The van der Waals surface area contributed by atoms with Crippen molar-refractivity contribution in [3.63, 3.8) is 0 Å². The summed E-state index contributed by atoms with van der Waals surface area (Å²) in [6.07, 6.45) is 3.82. The number of carbonyl (C=O) groups excluding carboxylic acids is 2. The SMILES string of the molecule is CCCCC(=O)C(=O)C(CC)CC. The number of carbonyl (C=O) groups is 2. The highest BCUT2D eigenvalue weighted by Gasteiger charge is 2.20. The highest BCUT2D eigenvalue weighted by Crippen LogP contribution is 2.11. The molecule has 2 heteroatoms. The zero-order chi connectivity index (χ0) is 10.3. The van der Waals surface area contributed by atoms with Crippen molar-refractivity contribution >= 4 is 11.6 Å². The quantitative estimate of drug-likeness (QED) is 0.570. The monoisotopic (exact) mass is 184 g/mol. The molecule has 0 atom stereocenters. The maximum absolute atomic E-state index is 11.5. The molecule has 0 amide bonds. The first-order chi connectivity index (χ1) is 6.17. The van der Waals surface area contributed by atoms with Gasteiger partial charge in [0.2, 0.25) is 5.78 Å². The van der Waals surface area contributed by atoms with Gasteiger partial charge in [0, 0.05) is 12.3 Å². The Kier molecular flexibility index (Phi) is 6.47. The third-order valence-electron chi connectivity index (χ3n) is 2.39. The molecule has 0 aromatic heterocycles. The fourth-order valence-electron chi connectivity index (χ4n) is 1.35. The van der Waals surface area contributed by atoms with Crippen molar-refractivity contribution in [2.45, 2.75) is 52.9 Å². The van der Waals surface area contributed by atoms with Gasteiger partial charge in [-0.05, 0) is 19.3 Å². The van der Waals surface area contributed by atoms with Crippen molar-refractivity contribution in [3.8, 4) is 0 Å². The molecule has 76 valence electrons. The fourth-order valence-corrected chi connectivity index (χ4v) is 1.35. The Balaban J connectivity index is 4.00. The molecule has 0 radical (unpaired) electrons. The minimum absolute atomic E-state index is 0.0376. The highest BCUT2D eigenvalue weighted by molar-refractivity contribution is 6.37. The maximum atomic E-state index is 11.5. The summed E-state index contributed by atoms with van der Waals surface area (Å²) in [6, 6.07) is 0. The Morgan fingerprint density at radius 1 is 1.08 bits per heavy atom. The number of ketones is 2. The van der Waals surface area contributed by atoms with Crippen LogP contribution in [-0.2, 0) is 9.59 Å². The van der Waals surface area contributed by atoms with Gasteiger partial charge in [-0.15, -0.1) is 0 Å². The third-order valence-corrected chi connectivity index (χ3v) is 2.39. The van der Waals surface area contributed by atoms with Crippen molar-refractivity contribution in [2.24, 2.45) is 5.92 Å². The highest BCUT2D eigenvalue weighted by atomic mass is 16.2. The van der Waals surface area contributed by atoms with Gasteiger partial charge in [-0.3, -0.25) is 9.59 Å². The first-order valence-electron chi connectivity index (χ1n) is 5.24. The largest absolute Gasteiger partial charge is 0.291 e. The van der Waals surface area contributed by atoms with Crippen molar-refractivity contribution in [1.82, 2.24) is 0 Å². The second kappa shape index (κ2) is 6.81. The molecule has 0 saturated carbocycles. The van der Waals surface area contributed by atoms with Crippen LogP contribution in [0.15, 0.2) is 0 Å². The lowest BCUT2D eigenvalue weighted by atomic mass is 9.93. The van der Waals surface area contributed by atoms with Crippen LogP contribution in [0.2, 0.25) is 0 Å². The predicted octanol–water partition coefficient (Wildman–Crippen LogP) is 2.75. The Labute approximate surface area is 80.7 Å². The number of Topliss-reactive ketones (excluding diaryl/α,β-unsaturated/α-hetero) is 2. The topological polar surface area (TPSA) is 34.1 Å². The molecule has 0 saturated heterocycles. The van der Waals surface area contributed by atoms with Gasteiger partial charge in [-0.25, -0.2) is 0 Å². The van der Waals surface area contributed by atoms with E-state index in [2.05, 4.69) is 0 Å². The summed E-state index contributed by atoms with van der Waals surface area (Å²) in [5.41, 5.74) is 0. The normalized spacial score (nSPS) is 10.5. The minimum atomic E-state index is -0.171. The summed E-state index contributed by atoms with van der Waals surface area (Å²) in [5, 5.41) is 0. The molecule has 0 fully saturated rings. The van der Waals surface area contributed by atoms with Crippen LogP contribution in [0.25, 0.3) is 0 Å². The molecule has 0 aromatic rings. The molecule has 0 aromatic carbocycles. The third kappa shape index (κ3) is 4.20. The van der Waals surface area contributed by atoms with E-state index in [4.69, 9.17) is 0 Å². The zero-order valence-electron chi connectivity index (χ0n) is 8.93. The van der Waals surface area contributed by atoms with Crippen LogP contribution < -0.4 is 0 Å². The van der Waals surface area contributed by atoms with Gasteiger partial charge in [-0.2, -0.15) is 0 Å². The molecule has 0 bridgehead atoms. The average Bonchev–Trinajstić information content (AvgIpc) is 2.15. The van der Waals surface area contributed by atoms with Gasteiger partial charge >= 0.3 is 0 Å². The van der Waals surface area contributed by atoms with Crippen molar-refractivity contribution < 1.29 is 9.59 Å². The van der Waals surface area contributed by atoms with Crippen LogP contribution in [0.4, 0.5) is 0 Å². The smallest absolute Gasteiger partial charge is 0.201 e. The van der Waals surface area contributed by atoms with E-state index in [0.29, 0.717) is 6.42 Å². The first kappa shape index (κ1) is 12.3. The molecule has 2 nitrogen and oxygen atoms in total. The summed E-state index contributed by atoms with van der Waals surface area (Å²) in [7, 11) is 0. The molecule has 0 aliphatic carbocycles. The molecule has 0 unspecified atom stereocenters. The van der Waals surface area contributed by atoms with Crippen LogP contribution in [0.1, 0.15) is 52.9 Å². The summed E-state index contributed by atoms with van der Waals surface area (Å²) in [4.78, 5) is 22.8. The molecule has 0 aliphatic rings. The molecule has 0 spiro atoms. The van der Waals surface area contributed by atoms with Crippen LogP contribution in [0, 0.1) is 5.92 Å². The Morgan fingerprint density at radius 2 is 1.62 bits per heavy atom. The van der Waals surface area contributed by atoms with Gasteiger partial charge in [0.1, 0.15) is 0 Å². The van der Waals surface area contributed by atoms with E-state index >= 15 is 0 Å². The predicted molar refractivity (Wildman–Crippen MR) is 53.6 cm³/mol. The zero-order valence-corrected chi connectivity index (χ0v) is 8.93. The van der Waals surface area contributed by atoms with Crippen LogP contribution >= 0.6 is 0 Å². The Morgan fingerprint density at radius 3 is 2.00 bits per heavy atom. The van der Waals surface area contributed by atoms with Gasteiger partial charge in [0.15, 0.2) is 5.78 Å². The lowest BCUT2D eigenvalue weighted by Gasteiger charge is -2.08. The van der Waals surface area contributed by atoms with Gasteiger partial charge < -0.3 is 0 Å².